The Morgan fingerprint density at radius 3 is 2.76 bits per heavy atom. The van der Waals surface area contributed by atoms with Crippen molar-refractivity contribution >= 4 is 42.0 Å². The summed E-state index contributed by atoms with van der Waals surface area (Å²) in [4.78, 5) is 5.61. The number of aromatic nitrogens is 2. The molecule has 4 nitrogen and oxygen atoms in total. The molecule has 0 aliphatic carbocycles. The predicted molar refractivity (Wildman–Crippen MR) is 85.5 cm³/mol. The second-order valence-corrected chi connectivity index (χ2v) is 8.23. The van der Waals surface area contributed by atoms with Gasteiger partial charge in [0.15, 0.2) is 0 Å². The SMILES string of the molecule is Cc1ncsc1CCn1cc(S(=O)(=O)Cl)c2ccccc21. The van der Waals surface area contributed by atoms with Gasteiger partial charge in [0.1, 0.15) is 4.90 Å². The molecular formula is C14H13ClN2O2S2. The number of halogens is 1. The Bertz CT molecular complexity index is 897. The third-order valence-corrected chi connectivity index (χ3v) is 5.78. The minimum absolute atomic E-state index is 0.167. The fraction of sp³-hybridized carbons (Fsp3) is 0.214. The minimum atomic E-state index is -3.75. The van der Waals surface area contributed by atoms with Gasteiger partial charge in [-0.15, -0.1) is 11.3 Å². The van der Waals surface area contributed by atoms with Gasteiger partial charge < -0.3 is 4.57 Å². The van der Waals surface area contributed by atoms with E-state index in [1.165, 1.54) is 4.88 Å². The van der Waals surface area contributed by atoms with E-state index in [0.29, 0.717) is 11.9 Å². The summed E-state index contributed by atoms with van der Waals surface area (Å²) in [6.45, 7) is 2.67. The largest absolute Gasteiger partial charge is 0.346 e. The summed E-state index contributed by atoms with van der Waals surface area (Å²) >= 11 is 1.62. The summed E-state index contributed by atoms with van der Waals surface area (Å²) in [5.74, 6) is 0. The Hall–Kier alpha value is -1.37. The lowest BCUT2D eigenvalue weighted by atomic mass is 10.2. The zero-order chi connectivity index (χ0) is 15.0. The van der Waals surface area contributed by atoms with Crippen molar-refractivity contribution in [3.05, 3.63) is 46.5 Å². The molecule has 0 unspecified atom stereocenters. The highest BCUT2D eigenvalue weighted by Crippen LogP contribution is 2.28. The monoisotopic (exact) mass is 340 g/mol. The number of thiazole rings is 1. The summed E-state index contributed by atoms with van der Waals surface area (Å²) < 4.78 is 25.3. The van der Waals surface area contributed by atoms with E-state index in [1.54, 1.807) is 23.6 Å². The van der Waals surface area contributed by atoms with E-state index < -0.39 is 9.05 Å². The average Bonchev–Trinajstić information content (AvgIpc) is 3.00. The molecule has 21 heavy (non-hydrogen) atoms. The second kappa shape index (κ2) is 5.44. The van der Waals surface area contributed by atoms with Crippen molar-refractivity contribution in [1.82, 2.24) is 9.55 Å². The molecule has 0 bridgehead atoms. The molecule has 0 aliphatic rings. The van der Waals surface area contributed by atoms with Gasteiger partial charge in [-0.25, -0.2) is 13.4 Å². The number of fused-ring (bicyclic) bond motifs is 1. The Balaban J connectivity index is 2.01. The van der Waals surface area contributed by atoms with Crippen LogP contribution in [0.5, 0.6) is 0 Å². The van der Waals surface area contributed by atoms with Crippen LogP contribution in [0.25, 0.3) is 10.9 Å². The lowest BCUT2D eigenvalue weighted by Gasteiger charge is -2.04. The van der Waals surface area contributed by atoms with Crippen LogP contribution in [0.2, 0.25) is 0 Å². The number of hydrogen-bond donors (Lipinski definition) is 0. The normalized spacial score (nSPS) is 12.1. The number of benzene rings is 1. The molecule has 0 saturated carbocycles. The molecule has 0 aliphatic heterocycles. The second-order valence-electron chi connectivity index (χ2n) is 4.75. The van der Waals surface area contributed by atoms with Gasteiger partial charge in [-0.1, -0.05) is 18.2 Å². The molecule has 1 aromatic carbocycles. The van der Waals surface area contributed by atoms with Gasteiger partial charge in [0, 0.05) is 45.6 Å². The van der Waals surface area contributed by atoms with E-state index in [-0.39, 0.29) is 4.90 Å². The number of nitrogens with zero attached hydrogens (tertiary/aromatic N) is 2. The van der Waals surface area contributed by atoms with Crippen molar-refractivity contribution in [1.29, 1.82) is 0 Å². The van der Waals surface area contributed by atoms with Crippen LogP contribution >= 0.6 is 22.0 Å². The van der Waals surface area contributed by atoms with Gasteiger partial charge in [0.2, 0.25) is 0 Å². The highest BCUT2D eigenvalue weighted by molar-refractivity contribution is 8.14. The molecule has 0 atom stereocenters. The van der Waals surface area contributed by atoms with E-state index in [0.717, 1.165) is 17.6 Å². The van der Waals surface area contributed by atoms with Crippen LogP contribution in [-0.2, 0) is 22.0 Å². The van der Waals surface area contributed by atoms with Crippen LogP contribution in [0.1, 0.15) is 10.6 Å². The Morgan fingerprint density at radius 1 is 1.33 bits per heavy atom. The molecule has 0 saturated heterocycles. The van der Waals surface area contributed by atoms with Gasteiger partial charge >= 0.3 is 0 Å². The Labute approximate surface area is 131 Å². The van der Waals surface area contributed by atoms with Gasteiger partial charge in [-0.05, 0) is 13.0 Å². The molecule has 0 N–H and O–H groups in total. The molecule has 0 radical (unpaired) electrons. The molecule has 2 aromatic heterocycles. The van der Waals surface area contributed by atoms with E-state index >= 15 is 0 Å². The van der Waals surface area contributed by atoms with Gasteiger partial charge in [-0.3, -0.25) is 0 Å². The number of rotatable bonds is 4. The lowest BCUT2D eigenvalue weighted by Crippen LogP contribution is -1.99. The maximum absolute atomic E-state index is 11.7. The molecule has 0 amide bonds. The third kappa shape index (κ3) is 2.84. The molecule has 3 aromatic rings. The number of para-hydroxylation sites is 1. The van der Waals surface area contributed by atoms with E-state index in [4.69, 9.17) is 10.7 Å². The highest BCUT2D eigenvalue weighted by atomic mass is 35.7. The predicted octanol–water partition coefficient (Wildman–Crippen LogP) is 3.58. The van der Waals surface area contributed by atoms with Crippen molar-refractivity contribution in [2.75, 3.05) is 0 Å². The summed E-state index contributed by atoms with van der Waals surface area (Å²) in [6, 6.07) is 7.38. The summed E-state index contributed by atoms with van der Waals surface area (Å²) in [6.07, 6.45) is 2.43. The maximum atomic E-state index is 11.7. The minimum Gasteiger partial charge on any atom is -0.346 e. The van der Waals surface area contributed by atoms with E-state index in [1.807, 2.05) is 35.2 Å². The van der Waals surface area contributed by atoms with Crippen molar-refractivity contribution in [3.63, 3.8) is 0 Å². The van der Waals surface area contributed by atoms with Gasteiger partial charge in [0.05, 0.1) is 11.2 Å². The zero-order valence-corrected chi connectivity index (χ0v) is 13.7. The molecule has 0 fully saturated rings. The third-order valence-electron chi connectivity index (χ3n) is 3.44. The Morgan fingerprint density at radius 2 is 2.10 bits per heavy atom. The van der Waals surface area contributed by atoms with Crippen LogP contribution in [0, 0.1) is 6.92 Å². The van der Waals surface area contributed by atoms with Crippen molar-refractivity contribution in [2.24, 2.45) is 0 Å². The first-order valence-corrected chi connectivity index (χ1v) is 9.57. The first-order valence-electron chi connectivity index (χ1n) is 6.38. The van der Waals surface area contributed by atoms with Crippen molar-refractivity contribution in [2.45, 2.75) is 24.8 Å². The molecular weight excluding hydrogens is 328 g/mol. The number of aryl methyl sites for hydroxylation is 3. The molecule has 110 valence electrons. The van der Waals surface area contributed by atoms with Gasteiger partial charge in [0.25, 0.3) is 9.05 Å². The van der Waals surface area contributed by atoms with Crippen LogP contribution < -0.4 is 0 Å². The lowest BCUT2D eigenvalue weighted by molar-refractivity contribution is 0.609. The fourth-order valence-corrected chi connectivity index (χ4v) is 4.21. The highest BCUT2D eigenvalue weighted by Gasteiger charge is 2.18. The standard InChI is InChI=1S/C14H13ClN2O2S2/c1-10-13(20-9-16-10)6-7-17-8-14(21(15,18)19)11-4-2-3-5-12(11)17/h2-5,8-9H,6-7H2,1H3. The molecule has 2 heterocycles. The zero-order valence-electron chi connectivity index (χ0n) is 11.3. The van der Waals surface area contributed by atoms with Crippen molar-refractivity contribution < 1.29 is 8.42 Å². The van der Waals surface area contributed by atoms with Crippen LogP contribution in [0.4, 0.5) is 0 Å². The van der Waals surface area contributed by atoms with Gasteiger partial charge in [-0.2, -0.15) is 0 Å². The first kappa shape index (κ1) is 14.6. The summed E-state index contributed by atoms with van der Waals surface area (Å²) in [5.41, 5.74) is 3.73. The molecule has 3 rings (SSSR count). The summed E-state index contributed by atoms with van der Waals surface area (Å²) in [7, 11) is 1.78. The first-order chi connectivity index (χ1) is 9.97. The average molecular weight is 341 g/mol. The summed E-state index contributed by atoms with van der Waals surface area (Å²) in [5, 5.41) is 0.661. The fourth-order valence-electron chi connectivity index (χ4n) is 2.38. The smallest absolute Gasteiger partial charge is 0.263 e. The molecule has 7 heteroatoms. The van der Waals surface area contributed by atoms with Crippen molar-refractivity contribution in [3.8, 4) is 0 Å². The Kier molecular flexibility index (Phi) is 3.77. The van der Waals surface area contributed by atoms with E-state index in [2.05, 4.69) is 4.98 Å². The molecule has 0 spiro atoms. The van der Waals surface area contributed by atoms with Crippen LogP contribution in [0.15, 0.2) is 40.9 Å². The topological polar surface area (TPSA) is 52.0 Å². The quantitative estimate of drug-likeness (QED) is 0.682. The van der Waals surface area contributed by atoms with E-state index in [9.17, 15) is 8.42 Å². The maximum Gasteiger partial charge on any atom is 0.263 e. The number of hydrogen-bond acceptors (Lipinski definition) is 4. The van der Waals surface area contributed by atoms with Crippen LogP contribution in [-0.4, -0.2) is 18.0 Å². The van der Waals surface area contributed by atoms with Crippen LogP contribution in [0.3, 0.4) is 0 Å².